The van der Waals surface area contributed by atoms with Crippen LogP contribution in [0.4, 0.5) is 0 Å². The molecule has 0 aromatic heterocycles. The van der Waals surface area contributed by atoms with Gasteiger partial charge in [-0.15, -0.1) is 0 Å². The topological polar surface area (TPSA) is 57.7 Å². The van der Waals surface area contributed by atoms with Gasteiger partial charge in [0.25, 0.3) is 0 Å². The molecule has 2 fully saturated rings. The van der Waals surface area contributed by atoms with Gasteiger partial charge in [0.1, 0.15) is 0 Å². The minimum absolute atomic E-state index is 0.0159. The number of nitrogens with zero attached hydrogens (tertiary/aromatic N) is 2. The van der Waals surface area contributed by atoms with E-state index in [2.05, 4.69) is 0 Å². The van der Waals surface area contributed by atoms with Crippen molar-refractivity contribution in [2.45, 2.75) is 40.0 Å². The minimum Gasteiger partial charge on any atom is -0.342 e. The fraction of sp³-hybridized carbons (Fsp3) is 0.571. The second-order valence-corrected chi connectivity index (χ2v) is 7.62. The minimum atomic E-state index is -0.214. The van der Waals surface area contributed by atoms with Gasteiger partial charge in [-0.05, 0) is 39.2 Å². The van der Waals surface area contributed by atoms with Crippen molar-refractivity contribution < 1.29 is 14.4 Å². The predicted octanol–water partition coefficient (Wildman–Crippen LogP) is 2.59. The summed E-state index contributed by atoms with van der Waals surface area (Å²) in [5.41, 5.74) is 2.99. The lowest BCUT2D eigenvalue weighted by atomic mass is 9.86. The van der Waals surface area contributed by atoms with Gasteiger partial charge in [0.15, 0.2) is 5.78 Å². The standard InChI is InChI=1S/C21H28N2O3/c1-4-22-13-17(12-19(22)24)21(26)23-9-7-16(8-10-23)20(25)18-6-5-14(2)11-15(18)3/h5-6,11,16-17H,4,7-10,12-13H2,1-3H3/t17-/m1/s1. The lowest BCUT2D eigenvalue weighted by Crippen LogP contribution is -2.43. The molecule has 0 radical (unpaired) electrons. The van der Waals surface area contributed by atoms with Crippen molar-refractivity contribution in [1.82, 2.24) is 9.80 Å². The summed E-state index contributed by atoms with van der Waals surface area (Å²) >= 11 is 0. The number of carbonyl (C=O) groups is 3. The maximum atomic E-state index is 12.8. The Morgan fingerprint density at radius 2 is 1.81 bits per heavy atom. The summed E-state index contributed by atoms with van der Waals surface area (Å²) in [5.74, 6) is 0.118. The fourth-order valence-corrected chi connectivity index (χ4v) is 4.17. The van der Waals surface area contributed by atoms with E-state index in [9.17, 15) is 14.4 Å². The first kappa shape index (κ1) is 18.6. The number of hydrogen-bond donors (Lipinski definition) is 0. The summed E-state index contributed by atoms with van der Waals surface area (Å²) in [6, 6.07) is 5.95. The van der Waals surface area contributed by atoms with E-state index in [0.717, 1.165) is 16.7 Å². The van der Waals surface area contributed by atoms with Gasteiger partial charge < -0.3 is 9.80 Å². The number of aryl methyl sites for hydroxylation is 2. The Labute approximate surface area is 155 Å². The van der Waals surface area contributed by atoms with Gasteiger partial charge >= 0.3 is 0 Å². The summed E-state index contributed by atoms with van der Waals surface area (Å²) in [6.07, 6.45) is 1.74. The number of hydrogen-bond acceptors (Lipinski definition) is 3. The number of likely N-dealkylation sites (tertiary alicyclic amines) is 2. The Kier molecular flexibility index (Phi) is 5.44. The highest BCUT2D eigenvalue weighted by atomic mass is 16.2. The van der Waals surface area contributed by atoms with Crippen molar-refractivity contribution in [2.75, 3.05) is 26.2 Å². The number of rotatable bonds is 4. The molecule has 5 heteroatoms. The van der Waals surface area contributed by atoms with Crippen LogP contribution in [0.25, 0.3) is 0 Å². The average Bonchev–Trinajstić information content (AvgIpc) is 3.01. The van der Waals surface area contributed by atoms with Gasteiger partial charge in [-0.1, -0.05) is 23.8 Å². The van der Waals surface area contributed by atoms with Crippen LogP contribution in [0.1, 0.15) is 47.7 Å². The highest BCUT2D eigenvalue weighted by Gasteiger charge is 2.37. The molecule has 2 aliphatic rings. The normalized spacial score (nSPS) is 21.3. The lowest BCUT2D eigenvalue weighted by molar-refractivity contribution is -0.137. The average molecular weight is 356 g/mol. The van der Waals surface area contributed by atoms with Crippen LogP contribution in [-0.2, 0) is 9.59 Å². The van der Waals surface area contributed by atoms with E-state index < -0.39 is 0 Å². The quantitative estimate of drug-likeness (QED) is 0.779. The molecule has 5 nitrogen and oxygen atoms in total. The van der Waals surface area contributed by atoms with Crippen LogP contribution in [0, 0.1) is 25.7 Å². The maximum absolute atomic E-state index is 12.8. The van der Waals surface area contributed by atoms with Crippen molar-refractivity contribution in [1.29, 1.82) is 0 Å². The maximum Gasteiger partial charge on any atom is 0.227 e. The molecule has 26 heavy (non-hydrogen) atoms. The van der Waals surface area contributed by atoms with E-state index in [4.69, 9.17) is 0 Å². The van der Waals surface area contributed by atoms with Crippen LogP contribution in [0.3, 0.4) is 0 Å². The third-order valence-corrected chi connectivity index (χ3v) is 5.77. The number of amides is 2. The first-order chi connectivity index (χ1) is 12.4. The smallest absolute Gasteiger partial charge is 0.227 e. The van der Waals surface area contributed by atoms with Crippen LogP contribution in [-0.4, -0.2) is 53.6 Å². The van der Waals surface area contributed by atoms with Gasteiger partial charge in [-0.3, -0.25) is 14.4 Å². The molecule has 0 unspecified atom stereocenters. The molecule has 2 heterocycles. The number of ketones is 1. The van der Waals surface area contributed by atoms with Crippen LogP contribution in [0.2, 0.25) is 0 Å². The summed E-state index contributed by atoms with van der Waals surface area (Å²) in [4.78, 5) is 41.0. The zero-order valence-corrected chi connectivity index (χ0v) is 16.0. The number of carbonyl (C=O) groups excluding carboxylic acids is 3. The Bertz CT molecular complexity index is 720. The Morgan fingerprint density at radius 1 is 1.12 bits per heavy atom. The molecule has 1 aromatic carbocycles. The van der Waals surface area contributed by atoms with Crippen molar-refractivity contribution in [3.8, 4) is 0 Å². The third kappa shape index (κ3) is 3.67. The molecule has 2 saturated heterocycles. The molecule has 3 rings (SSSR count). The summed E-state index contributed by atoms with van der Waals surface area (Å²) < 4.78 is 0. The highest BCUT2D eigenvalue weighted by molar-refractivity contribution is 5.99. The second-order valence-electron chi connectivity index (χ2n) is 7.62. The SMILES string of the molecule is CCN1C[C@H](C(=O)N2CCC(C(=O)c3ccc(C)cc3C)CC2)CC1=O. The molecule has 2 aliphatic heterocycles. The molecular formula is C21H28N2O3. The summed E-state index contributed by atoms with van der Waals surface area (Å²) in [6.45, 7) is 8.36. The molecule has 0 aliphatic carbocycles. The number of Topliss-reactive ketones (excluding diaryl/α,β-unsaturated/α-hetero) is 1. The van der Waals surface area contributed by atoms with Gasteiger partial charge in [-0.25, -0.2) is 0 Å². The Hall–Kier alpha value is -2.17. The molecule has 0 N–H and O–H groups in total. The molecule has 0 saturated carbocycles. The summed E-state index contributed by atoms with van der Waals surface area (Å²) in [7, 11) is 0. The largest absolute Gasteiger partial charge is 0.342 e. The highest BCUT2D eigenvalue weighted by Crippen LogP contribution is 2.27. The number of benzene rings is 1. The summed E-state index contributed by atoms with van der Waals surface area (Å²) in [5, 5.41) is 0. The Balaban J connectivity index is 1.58. The first-order valence-electron chi connectivity index (χ1n) is 9.58. The predicted molar refractivity (Wildman–Crippen MR) is 99.9 cm³/mol. The van der Waals surface area contributed by atoms with E-state index >= 15 is 0 Å². The number of piperidine rings is 1. The van der Waals surface area contributed by atoms with Crippen LogP contribution < -0.4 is 0 Å². The molecule has 1 atom stereocenters. The van der Waals surface area contributed by atoms with Crippen LogP contribution in [0.5, 0.6) is 0 Å². The molecule has 140 valence electrons. The van der Waals surface area contributed by atoms with Gasteiger partial charge in [-0.2, -0.15) is 0 Å². The monoisotopic (exact) mass is 356 g/mol. The second kappa shape index (κ2) is 7.60. The van der Waals surface area contributed by atoms with E-state index in [1.807, 2.05) is 43.9 Å². The van der Waals surface area contributed by atoms with Crippen molar-refractivity contribution >= 4 is 17.6 Å². The van der Waals surface area contributed by atoms with Gasteiger partial charge in [0.2, 0.25) is 11.8 Å². The Morgan fingerprint density at radius 3 is 2.38 bits per heavy atom. The zero-order valence-electron chi connectivity index (χ0n) is 16.0. The molecule has 0 spiro atoms. The first-order valence-corrected chi connectivity index (χ1v) is 9.58. The van der Waals surface area contributed by atoms with Gasteiger partial charge in [0.05, 0.1) is 5.92 Å². The van der Waals surface area contributed by atoms with E-state index in [0.29, 0.717) is 45.4 Å². The molecule has 2 amide bonds. The molecule has 0 bridgehead atoms. The zero-order chi connectivity index (χ0) is 18.8. The third-order valence-electron chi connectivity index (χ3n) is 5.77. The van der Waals surface area contributed by atoms with Crippen molar-refractivity contribution in [3.05, 3.63) is 34.9 Å². The fourth-order valence-electron chi connectivity index (χ4n) is 4.17. The molecule has 1 aromatic rings. The van der Waals surface area contributed by atoms with Crippen LogP contribution >= 0.6 is 0 Å². The lowest BCUT2D eigenvalue weighted by Gasteiger charge is -2.33. The van der Waals surface area contributed by atoms with Gasteiger partial charge in [0, 0.05) is 44.1 Å². The van der Waals surface area contributed by atoms with E-state index in [1.54, 1.807) is 4.90 Å². The molecular weight excluding hydrogens is 328 g/mol. The van der Waals surface area contributed by atoms with E-state index in [1.165, 1.54) is 0 Å². The van der Waals surface area contributed by atoms with E-state index in [-0.39, 0.29) is 29.4 Å². The van der Waals surface area contributed by atoms with Crippen LogP contribution in [0.15, 0.2) is 18.2 Å². The van der Waals surface area contributed by atoms with Crippen molar-refractivity contribution in [3.63, 3.8) is 0 Å². The van der Waals surface area contributed by atoms with Crippen molar-refractivity contribution in [2.24, 2.45) is 11.8 Å².